The standard InChI is InChI=1S/C23H22FN3O4S/c24-19-3-1-2-17(12-19)14-25-8-10-26(11-9-25)23(28)22-13-18(16-32-22)15-31-21-6-4-20(5-7-21)27(29)30/h1-7,12-13,16H,8-11,14-15H2. The van der Waals surface area contributed by atoms with Crippen LogP contribution in [0, 0.1) is 15.9 Å². The Morgan fingerprint density at radius 2 is 1.81 bits per heavy atom. The second kappa shape index (κ2) is 9.88. The minimum absolute atomic E-state index is 0.00184. The van der Waals surface area contributed by atoms with Gasteiger partial charge in [-0.2, -0.15) is 0 Å². The fraction of sp³-hybridized carbons (Fsp3) is 0.261. The number of halogens is 1. The van der Waals surface area contributed by atoms with Crippen molar-refractivity contribution in [3.8, 4) is 5.75 Å². The summed E-state index contributed by atoms with van der Waals surface area (Å²) in [6.45, 7) is 3.68. The maximum Gasteiger partial charge on any atom is 0.269 e. The highest BCUT2D eigenvalue weighted by Gasteiger charge is 2.23. The van der Waals surface area contributed by atoms with Crippen LogP contribution in [0.1, 0.15) is 20.8 Å². The Morgan fingerprint density at radius 1 is 1.06 bits per heavy atom. The molecular formula is C23H22FN3O4S. The van der Waals surface area contributed by atoms with E-state index < -0.39 is 4.92 Å². The molecule has 1 aromatic heterocycles. The zero-order valence-corrected chi connectivity index (χ0v) is 18.1. The minimum Gasteiger partial charge on any atom is -0.489 e. The molecule has 0 bridgehead atoms. The molecule has 0 saturated carbocycles. The average Bonchev–Trinajstić information content (AvgIpc) is 3.27. The molecule has 32 heavy (non-hydrogen) atoms. The Bertz CT molecular complexity index is 1090. The number of ether oxygens (including phenoxy) is 1. The molecule has 0 atom stereocenters. The normalized spacial score (nSPS) is 14.3. The van der Waals surface area contributed by atoms with Crippen molar-refractivity contribution >= 4 is 22.9 Å². The summed E-state index contributed by atoms with van der Waals surface area (Å²) in [4.78, 5) is 27.8. The molecule has 1 saturated heterocycles. The molecule has 0 radical (unpaired) electrons. The molecule has 3 aromatic rings. The molecule has 2 heterocycles. The Hall–Kier alpha value is -3.30. The van der Waals surface area contributed by atoms with Gasteiger partial charge >= 0.3 is 0 Å². The summed E-state index contributed by atoms with van der Waals surface area (Å²) in [5.74, 6) is 0.299. The number of thiophene rings is 1. The molecular weight excluding hydrogens is 433 g/mol. The van der Waals surface area contributed by atoms with E-state index in [1.54, 1.807) is 24.3 Å². The third-order valence-corrected chi connectivity index (χ3v) is 6.24. The van der Waals surface area contributed by atoms with Gasteiger partial charge in [0.05, 0.1) is 9.80 Å². The van der Waals surface area contributed by atoms with Crippen LogP contribution in [0.3, 0.4) is 0 Å². The van der Waals surface area contributed by atoms with Crippen LogP contribution in [0.4, 0.5) is 10.1 Å². The highest BCUT2D eigenvalue weighted by atomic mass is 32.1. The number of hydrogen-bond donors (Lipinski definition) is 0. The fourth-order valence-corrected chi connectivity index (χ4v) is 4.42. The zero-order valence-electron chi connectivity index (χ0n) is 17.3. The van der Waals surface area contributed by atoms with Crippen molar-refractivity contribution < 1.29 is 18.8 Å². The number of carbonyl (C=O) groups excluding carboxylic acids is 1. The van der Waals surface area contributed by atoms with Crippen molar-refractivity contribution in [2.24, 2.45) is 0 Å². The van der Waals surface area contributed by atoms with E-state index in [-0.39, 0.29) is 24.0 Å². The number of rotatable bonds is 7. The predicted molar refractivity (Wildman–Crippen MR) is 119 cm³/mol. The molecule has 1 amide bonds. The van der Waals surface area contributed by atoms with Gasteiger partial charge in [-0.3, -0.25) is 19.8 Å². The number of nitrogens with zero attached hydrogens (tertiary/aromatic N) is 3. The predicted octanol–water partition coefficient (Wildman–Crippen LogP) is 4.33. The van der Waals surface area contributed by atoms with Gasteiger partial charge in [0, 0.05) is 50.4 Å². The van der Waals surface area contributed by atoms with Crippen molar-refractivity contribution in [1.82, 2.24) is 9.80 Å². The highest BCUT2D eigenvalue weighted by Crippen LogP contribution is 2.22. The van der Waals surface area contributed by atoms with Crippen LogP contribution < -0.4 is 4.74 Å². The molecule has 1 fully saturated rings. The number of nitro groups is 1. The maximum atomic E-state index is 13.4. The first-order valence-electron chi connectivity index (χ1n) is 10.2. The highest BCUT2D eigenvalue weighted by molar-refractivity contribution is 7.12. The molecule has 1 aliphatic rings. The third kappa shape index (κ3) is 5.49. The van der Waals surface area contributed by atoms with E-state index in [1.165, 1.54) is 29.5 Å². The fourth-order valence-electron chi connectivity index (χ4n) is 3.55. The molecule has 1 aliphatic heterocycles. The number of nitro benzene ring substituents is 1. The molecule has 0 N–H and O–H groups in total. The third-order valence-electron chi connectivity index (χ3n) is 5.27. The molecule has 9 heteroatoms. The summed E-state index contributed by atoms with van der Waals surface area (Å²) in [6, 6.07) is 14.3. The van der Waals surface area contributed by atoms with E-state index in [4.69, 9.17) is 4.74 Å². The maximum absolute atomic E-state index is 13.4. The average molecular weight is 456 g/mol. The van der Waals surface area contributed by atoms with E-state index in [0.29, 0.717) is 30.3 Å². The van der Waals surface area contributed by atoms with Gasteiger partial charge in [0.25, 0.3) is 11.6 Å². The Kier molecular flexibility index (Phi) is 6.77. The number of hydrogen-bond acceptors (Lipinski definition) is 6. The summed E-state index contributed by atoms with van der Waals surface area (Å²) >= 11 is 1.38. The van der Waals surface area contributed by atoms with Crippen LogP contribution in [-0.4, -0.2) is 46.8 Å². The van der Waals surface area contributed by atoms with Crippen molar-refractivity contribution in [3.63, 3.8) is 0 Å². The lowest BCUT2D eigenvalue weighted by Crippen LogP contribution is -2.48. The van der Waals surface area contributed by atoms with Crippen molar-refractivity contribution in [1.29, 1.82) is 0 Å². The molecule has 4 rings (SSSR count). The van der Waals surface area contributed by atoms with E-state index >= 15 is 0 Å². The Balaban J connectivity index is 1.27. The largest absolute Gasteiger partial charge is 0.489 e. The monoisotopic (exact) mass is 455 g/mol. The quantitative estimate of drug-likeness (QED) is 0.392. The summed E-state index contributed by atoms with van der Waals surface area (Å²) < 4.78 is 19.0. The van der Waals surface area contributed by atoms with Gasteiger partial charge in [0.2, 0.25) is 0 Å². The van der Waals surface area contributed by atoms with E-state index in [0.717, 1.165) is 24.2 Å². The van der Waals surface area contributed by atoms with Crippen LogP contribution in [0.2, 0.25) is 0 Å². The van der Waals surface area contributed by atoms with Crippen LogP contribution >= 0.6 is 11.3 Å². The van der Waals surface area contributed by atoms with Crippen LogP contribution in [0.5, 0.6) is 5.75 Å². The van der Waals surface area contributed by atoms with Crippen LogP contribution in [0.25, 0.3) is 0 Å². The SMILES string of the molecule is O=C(c1cc(COc2ccc([N+](=O)[O-])cc2)cs1)N1CCN(Cc2cccc(F)c2)CC1. The van der Waals surface area contributed by atoms with E-state index in [1.807, 2.05) is 22.4 Å². The smallest absolute Gasteiger partial charge is 0.269 e. The van der Waals surface area contributed by atoms with Gasteiger partial charge < -0.3 is 9.64 Å². The second-order valence-corrected chi connectivity index (χ2v) is 8.47. The topological polar surface area (TPSA) is 75.9 Å². The zero-order chi connectivity index (χ0) is 22.5. The lowest BCUT2D eigenvalue weighted by molar-refractivity contribution is -0.384. The first kappa shape index (κ1) is 21.9. The number of carbonyl (C=O) groups is 1. The van der Waals surface area contributed by atoms with E-state index in [9.17, 15) is 19.3 Å². The summed E-state index contributed by atoms with van der Waals surface area (Å²) in [7, 11) is 0. The second-order valence-electron chi connectivity index (χ2n) is 7.56. The van der Waals surface area contributed by atoms with Gasteiger partial charge in [-0.25, -0.2) is 4.39 Å². The van der Waals surface area contributed by atoms with Crippen LogP contribution in [0.15, 0.2) is 60.0 Å². The van der Waals surface area contributed by atoms with Crippen molar-refractivity contribution in [3.05, 3.63) is 91.9 Å². The van der Waals surface area contributed by atoms with Crippen LogP contribution in [-0.2, 0) is 13.2 Å². The molecule has 0 spiro atoms. The van der Waals surface area contributed by atoms with Gasteiger partial charge in [0.15, 0.2) is 0 Å². The summed E-state index contributed by atoms with van der Waals surface area (Å²) in [5.41, 5.74) is 1.82. The summed E-state index contributed by atoms with van der Waals surface area (Å²) in [5, 5.41) is 12.6. The number of piperazine rings is 1. The van der Waals surface area contributed by atoms with Gasteiger partial charge in [-0.05, 0) is 41.3 Å². The number of benzene rings is 2. The lowest BCUT2D eigenvalue weighted by atomic mass is 10.2. The first-order chi connectivity index (χ1) is 15.5. The van der Waals surface area contributed by atoms with Gasteiger partial charge in [-0.15, -0.1) is 11.3 Å². The molecule has 2 aromatic carbocycles. The molecule has 0 aliphatic carbocycles. The molecule has 0 unspecified atom stereocenters. The van der Waals surface area contributed by atoms with Crippen molar-refractivity contribution in [2.75, 3.05) is 26.2 Å². The van der Waals surface area contributed by atoms with Crippen molar-refractivity contribution in [2.45, 2.75) is 13.2 Å². The molecule has 166 valence electrons. The number of amides is 1. The summed E-state index contributed by atoms with van der Waals surface area (Å²) in [6.07, 6.45) is 0. The Morgan fingerprint density at radius 3 is 2.50 bits per heavy atom. The lowest BCUT2D eigenvalue weighted by Gasteiger charge is -2.34. The van der Waals surface area contributed by atoms with Gasteiger partial charge in [-0.1, -0.05) is 12.1 Å². The van der Waals surface area contributed by atoms with Gasteiger partial charge in [0.1, 0.15) is 18.2 Å². The number of non-ortho nitro benzene ring substituents is 1. The van der Waals surface area contributed by atoms with E-state index in [2.05, 4.69) is 4.90 Å². The minimum atomic E-state index is -0.457. The Labute approximate surface area is 188 Å². The molecule has 7 nitrogen and oxygen atoms in total. The first-order valence-corrected chi connectivity index (χ1v) is 11.1.